The van der Waals surface area contributed by atoms with Crippen LogP contribution in [0.3, 0.4) is 0 Å². The van der Waals surface area contributed by atoms with Crippen LogP contribution in [0, 0.1) is 5.92 Å². The smallest absolute Gasteiger partial charge is 0.223 e. The molecule has 0 saturated carbocycles. The molecule has 0 bridgehead atoms. The van der Waals surface area contributed by atoms with Gasteiger partial charge in [0.15, 0.2) is 11.5 Å². The molecule has 1 saturated heterocycles. The van der Waals surface area contributed by atoms with Crippen molar-refractivity contribution in [2.75, 3.05) is 34.4 Å². The Balaban J connectivity index is 2.06. The van der Waals surface area contributed by atoms with Crippen molar-refractivity contribution in [1.82, 2.24) is 10.2 Å². The van der Waals surface area contributed by atoms with Crippen molar-refractivity contribution < 1.29 is 14.3 Å². The summed E-state index contributed by atoms with van der Waals surface area (Å²) in [4.78, 5) is 14.8. The predicted octanol–water partition coefficient (Wildman–Crippen LogP) is 2.61. The van der Waals surface area contributed by atoms with E-state index >= 15 is 0 Å². The number of carbonyl (C=O) groups excluding carboxylic acids is 1. The predicted molar refractivity (Wildman–Crippen MR) is 90.9 cm³/mol. The van der Waals surface area contributed by atoms with Crippen molar-refractivity contribution in [2.24, 2.45) is 5.92 Å². The number of methoxy groups -OCH3 is 2. The van der Waals surface area contributed by atoms with Crippen LogP contribution in [0.15, 0.2) is 18.2 Å². The van der Waals surface area contributed by atoms with Crippen LogP contribution in [0.4, 0.5) is 0 Å². The summed E-state index contributed by atoms with van der Waals surface area (Å²) in [6, 6.07) is 5.83. The molecule has 1 aliphatic rings. The zero-order chi connectivity index (χ0) is 16.8. The lowest BCUT2D eigenvalue weighted by Gasteiger charge is -2.29. The van der Waals surface area contributed by atoms with Gasteiger partial charge < -0.3 is 19.7 Å². The minimum Gasteiger partial charge on any atom is -0.493 e. The molecule has 128 valence electrons. The molecule has 1 fully saturated rings. The number of nitrogens with zero attached hydrogens (tertiary/aromatic N) is 1. The van der Waals surface area contributed by atoms with Crippen LogP contribution in [0.5, 0.6) is 11.5 Å². The van der Waals surface area contributed by atoms with Crippen LogP contribution in [-0.4, -0.2) is 45.2 Å². The fourth-order valence-electron chi connectivity index (χ4n) is 3.05. The molecule has 1 aromatic carbocycles. The zero-order valence-electron chi connectivity index (χ0n) is 14.6. The van der Waals surface area contributed by atoms with Gasteiger partial charge in [-0.25, -0.2) is 0 Å². The SMILES string of the molecule is CC[C@H](NC(=O)C1CCN(C)CC1)c1ccc(OC)c(OC)c1. The molecule has 0 spiro atoms. The van der Waals surface area contributed by atoms with E-state index in [4.69, 9.17) is 9.47 Å². The van der Waals surface area contributed by atoms with Gasteiger partial charge in [-0.1, -0.05) is 13.0 Å². The Kier molecular flexibility index (Phi) is 6.28. The molecule has 0 radical (unpaired) electrons. The second-order valence-corrected chi connectivity index (χ2v) is 6.16. The summed E-state index contributed by atoms with van der Waals surface area (Å²) in [6.45, 7) is 4.06. The Bertz CT molecular complexity index is 525. The molecule has 2 rings (SSSR count). The standard InChI is InChI=1S/C18H28N2O3/c1-5-15(14-6-7-16(22-3)17(12-14)23-4)19-18(21)13-8-10-20(2)11-9-13/h6-7,12-13,15H,5,8-11H2,1-4H3,(H,19,21)/t15-/m0/s1. The Morgan fingerprint density at radius 1 is 1.26 bits per heavy atom. The molecule has 5 nitrogen and oxygen atoms in total. The third-order valence-electron chi connectivity index (χ3n) is 4.62. The van der Waals surface area contributed by atoms with E-state index in [1.54, 1.807) is 14.2 Å². The first-order chi connectivity index (χ1) is 11.1. The number of ether oxygens (including phenoxy) is 2. The Hall–Kier alpha value is -1.75. The zero-order valence-corrected chi connectivity index (χ0v) is 14.6. The largest absolute Gasteiger partial charge is 0.493 e. The fourth-order valence-corrected chi connectivity index (χ4v) is 3.05. The number of piperidine rings is 1. The van der Waals surface area contributed by atoms with Crippen molar-refractivity contribution in [3.8, 4) is 11.5 Å². The van der Waals surface area contributed by atoms with E-state index in [-0.39, 0.29) is 17.9 Å². The number of likely N-dealkylation sites (tertiary alicyclic amines) is 1. The van der Waals surface area contributed by atoms with Crippen LogP contribution in [0.25, 0.3) is 0 Å². The van der Waals surface area contributed by atoms with E-state index in [0.717, 1.165) is 37.9 Å². The molecule has 0 aromatic heterocycles. The van der Waals surface area contributed by atoms with E-state index in [1.165, 1.54) is 0 Å². The molecule has 1 aromatic rings. The maximum Gasteiger partial charge on any atom is 0.223 e. The van der Waals surface area contributed by atoms with Crippen LogP contribution in [0.1, 0.15) is 37.8 Å². The third kappa shape index (κ3) is 4.38. The molecule has 0 unspecified atom stereocenters. The number of rotatable bonds is 6. The van der Waals surface area contributed by atoms with Gasteiger partial charge in [0.05, 0.1) is 20.3 Å². The fraction of sp³-hybridized carbons (Fsp3) is 0.611. The van der Waals surface area contributed by atoms with E-state index in [9.17, 15) is 4.79 Å². The normalized spacial score (nSPS) is 17.6. The van der Waals surface area contributed by atoms with Gasteiger partial charge in [0.25, 0.3) is 0 Å². The highest BCUT2D eigenvalue weighted by molar-refractivity contribution is 5.79. The average molecular weight is 320 g/mol. The Morgan fingerprint density at radius 3 is 2.48 bits per heavy atom. The summed E-state index contributed by atoms with van der Waals surface area (Å²) in [6.07, 6.45) is 2.71. The van der Waals surface area contributed by atoms with Crippen LogP contribution >= 0.6 is 0 Å². The lowest BCUT2D eigenvalue weighted by Crippen LogP contribution is -2.40. The lowest BCUT2D eigenvalue weighted by molar-refractivity contribution is -0.127. The summed E-state index contributed by atoms with van der Waals surface area (Å²) in [5.41, 5.74) is 1.05. The number of carbonyl (C=O) groups is 1. The van der Waals surface area contributed by atoms with Crippen molar-refractivity contribution in [1.29, 1.82) is 0 Å². The maximum absolute atomic E-state index is 12.5. The molecule has 1 N–H and O–H groups in total. The topological polar surface area (TPSA) is 50.8 Å². The van der Waals surface area contributed by atoms with E-state index in [2.05, 4.69) is 24.2 Å². The molecule has 0 aliphatic carbocycles. The average Bonchev–Trinajstić information content (AvgIpc) is 2.59. The van der Waals surface area contributed by atoms with Crippen LogP contribution in [0.2, 0.25) is 0 Å². The Labute approximate surface area is 139 Å². The molecule has 1 aliphatic heterocycles. The first-order valence-corrected chi connectivity index (χ1v) is 8.29. The summed E-state index contributed by atoms with van der Waals surface area (Å²) >= 11 is 0. The van der Waals surface area contributed by atoms with Gasteiger partial charge in [-0.2, -0.15) is 0 Å². The summed E-state index contributed by atoms with van der Waals surface area (Å²) < 4.78 is 10.6. The van der Waals surface area contributed by atoms with Gasteiger partial charge in [-0.05, 0) is 57.1 Å². The Morgan fingerprint density at radius 2 is 1.91 bits per heavy atom. The van der Waals surface area contributed by atoms with Crippen LogP contribution in [-0.2, 0) is 4.79 Å². The first kappa shape index (κ1) is 17.6. The van der Waals surface area contributed by atoms with E-state index < -0.39 is 0 Å². The molecule has 1 atom stereocenters. The molecular weight excluding hydrogens is 292 g/mol. The lowest BCUT2D eigenvalue weighted by atomic mass is 9.95. The van der Waals surface area contributed by atoms with Gasteiger partial charge in [0, 0.05) is 5.92 Å². The highest BCUT2D eigenvalue weighted by Crippen LogP contribution is 2.31. The summed E-state index contributed by atoms with van der Waals surface area (Å²) in [5.74, 6) is 1.69. The maximum atomic E-state index is 12.5. The number of benzene rings is 1. The summed E-state index contributed by atoms with van der Waals surface area (Å²) in [7, 11) is 5.35. The van der Waals surface area contributed by atoms with E-state index in [1.807, 2.05) is 18.2 Å². The van der Waals surface area contributed by atoms with Crippen molar-refractivity contribution in [2.45, 2.75) is 32.2 Å². The quantitative estimate of drug-likeness (QED) is 0.875. The second kappa shape index (κ2) is 8.20. The number of nitrogens with one attached hydrogen (secondary N) is 1. The third-order valence-corrected chi connectivity index (χ3v) is 4.62. The summed E-state index contributed by atoms with van der Waals surface area (Å²) in [5, 5.41) is 3.20. The van der Waals surface area contributed by atoms with Crippen molar-refractivity contribution in [3.63, 3.8) is 0 Å². The van der Waals surface area contributed by atoms with Crippen LogP contribution < -0.4 is 14.8 Å². The number of hydrogen-bond donors (Lipinski definition) is 1. The van der Waals surface area contributed by atoms with Crippen molar-refractivity contribution in [3.05, 3.63) is 23.8 Å². The van der Waals surface area contributed by atoms with Gasteiger partial charge in [-0.15, -0.1) is 0 Å². The number of hydrogen-bond acceptors (Lipinski definition) is 4. The van der Waals surface area contributed by atoms with Gasteiger partial charge in [-0.3, -0.25) is 4.79 Å². The number of amides is 1. The molecule has 23 heavy (non-hydrogen) atoms. The first-order valence-electron chi connectivity index (χ1n) is 8.29. The van der Waals surface area contributed by atoms with E-state index in [0.29, 0.717) is 11.5 Å². The van der Waals surface area contributed by atoms with Crippen molar-refractivity contribution >= 4 is 5.91 Å². The highest BCUT2D eigenvalue weighted by Gasteiger charge is 2.25. The van der Waals surface area contributed by atoms with Gasteiger partial charge >= 0.3 is 0 Å². The molecule has 5 heteroatoms. The molecular formula is C18H28N2O3. The molecule has 1 amide bonds. The minimum atomic E-state index is 0.00182. The van der Waals surface area contributed by atoms with Gasteiger partial charge in [0.1, 0.15) is 0 Å². The highest BCUT2D eigenvalue weighted by atomic mass is 16.5. The monoisotopic (exact) mass is 320 g/mol. The van der Waals surface area contributed by atoms with Gasteiger partial charge in [0.2, 0.25) is 5.91 Å². The second-order valence-electron chi connectivity index (χ2n) is 6.16. The minimum absolute atomic E-state index is 0.00182. The molecule has 1 heterocycles.